The van der Waals surface area contributed by atoms with E-state index >= 15 is 0 Å². The van der Waals surface area contributed by atoms with Gasteiger partial charge < -0.3 is 19.9 Å². The summed E-state index contributed by atoms with van der Waals surface area (Å²) in [7, 11) is 3.93. The number of ether oxygens (including phenoxy) is 1. The summed E-state index contributed by atoms with van der Waals surface area (Å²) in [6.07, 6.45) is -2.80. The molecular formula is C23H24F2N8O. The molecule has 0 spiro atoms. The minimum absolute atomic E-state index is 0.0768. The summed E-state index contributed by atoms with van der Waals surface area (Å²) in [5, 5.41) is 3.19. The van der Waals surface area contributed by atoms with Crippen LogP contribution in [0.25, 0.3) is 17.0 Å². The van der Waals surface area contributed by atoms with E-state index in [1.54, 1.807) is 24.3 Å². The van der Waals surface area contributed by atoms with Crippen molar-refractivity contribution in [3.05, 3.63) is 54.4 Å². The Labute approximate surface area is 195 Å². The molecule has 1 aliphatic rings. The van der Waals surface area contributed by atoms with E-state index in [4.69, 9.17) is 4.74 Å². The Hall–Kier alpha value is -3.86. The lowest BCUT2D eigenvalue weighted by molar-refractivity contribution is 0.122. The number of hydrogen-bond acceptors (Lipinski definition) is 8. The van der Waals surface area contributed by atoms with Crippen LogP contribution in [0.1, 0.15) is 12.2 Å². The number of alkyl halides is 2. The van der Waals surface area contributed by atoms with Gasteiger partial charge >= 0.3 is 0 Å². The van der Waals surface area contributed by atoms with Crippen molar-refractivity contribution in [3.63, 3.8) is 0 Å². The topological polar surface area (TPSA) is 84.2 Å². The lowest BCUT2D eigenvalue weighted by atomic mass is 10.2. The van der Waals surface area contributed by atoms with Gasteiger partial charge in [0.1, 0.15) is 0 Å². The number of nitrogens with one attached hydrogen (secondary N) is 1. The molecule has 0 radical (unpaired) electrons. The molecule has 0 bridgehead atoms. The van der Waals surface area contributed by atoms with E-state index in [9.17, 15) is 8.78 Å². The van der Waals surface area contributed by atoms with Gasteiger partial charge in [-0.2, -0.15) is 15.0 Å². The van der Waals surface area contributed by atoms with Gasteiger partial charge in [-0.05, 0) is 36.4 Å². The van der Waals surface area contributed by atoms with Crippen molar-refractivity contribution in [1.82, 2.24) is 24.5 Å². The zero-order valence-electron chi connectivity index (χ0n) is 18.8. The summed E-state index contributed by atoms with van der Waals surface area (Å²) in [6, 6.07) is 14.7. The molecule has 5 rings (SSSR count). The van der Waals surface area contributed by atoms with Gasteiger partial charge in [-0.15, -0.1) is 0 Å². The summed E-state index contributed by atoms with van der Waals surface area (Å²) in [6.45, 7) is 2.25. The zero-order valence-corrected chi connectivity index (χ0v) is 18.8. The van der Waals surface area contributed by atoms with Crippen LogP contribution in [-0.2, 0) is 4.74 Å². The molecule has 0 amide bonds. The fraction of sp³-hybridized carbons (Fsp3) is 0.304. The molecular weight excluding hydrogens is 442 g/mol. The molecule has 176 valence electrons. The molecule has 1 aliphatic heterocycles. The normalized spacial score (nSPS) is 14.1. The van der Waals surface area contributed by atoms with Crippen molar-refractivity contribution >= 4 is 34.3 Å². The Balaban J connectivity index is 1.61. The molecule has 2 aromatic heterocycles. The monoisotopic (exact) mass is 466 g/mol. The van der Waals surface area contributed by atoms with Crippen molar-refractivity contribution in [1.29, 1.82) is 0 Å². The number of nitrogens with zero attached hydrogens (tertiary/aromatic N) is 7. The SMILES string of the molecule is CN(C)c1ccc(Nc2nc(N3CCOCC3)nc(-n3c(C(F)F)nc4ccccc43)n2)cc1. The standard InChI is InChI=1S/C23H24F2N8O/c1-31(2)16-9-7-15(8-10-16)26-21-28-22(32-11-13-34-14-12-32)30-23(29-21)33-18-6-4-3-5-17(18)27-20(33)19(24)25/h3-10,19H,11-14H2,1-2H3,(H,26,28,29,30). The van der Waals surface area contributed by atoms with Crippen LogP contribution in [0.3, 0.4) is 0 Å². The molecule has 0 aliphatic carbocycles. The maximum Gasteiger partial charge on any atom is 0.296 e. The predicted molar refractivity (Wildman–Crippen MR) is 126 cm³/mol. The van der Waals surface area contributed by atoms with Crippen LogP contribution in [0.2, 0.25) is 0 Å². The van der Waals surface area contributed by atoms with Gasteiger partial charge in [0.05, 0.1) is 24.2 Å². The number of anilines is 4. The Morgan fingerprint density at radius 1 is 0.912 bits per heavy atom. The van der Waals surface area contributed by atoms with E-state index < -0.39 is 12.2 Å². The van der Waals surface area contributed by atoms with E-state index in [0.717, 1.165) is 11.4 Å². The van der Waals surface area contributed by atoms with Crippen LogP contribution in [-0.4, -0.2) is 64.9 Å². The minimum Gasteiger partial charge on any atom is -0.378 e. The van der Waals surface area contributed by atoms with Crippen LogP contribution in [0, 0.1) is 0 Å². The number of fused-ring (bicyclic) bond motifs is 1. The molecule has 1 fully saturated rings. The number of rotatable bonds is 6. The molecule has 11 heteroatoms. The maximum absolute atomic E-state index is 14.0. The first kappa shape index (κ1) is 22.0. The Bertz CT molecular complexity index is 1290. The molecule has 4 aromatic rings. The van der Waals surface area contributed by atoms with Gasteiger partial charge in [0.25, 0.3) is 6.43 Å². The number of benzene rings is 2. The second-order valence-corrected chi connectivity index (χ2v) is 8.02. The molecule has 34 heavy (non-hydrogen) atoms. The smallest absolute Gasteiger partial charge is 0.296 e. The van der Waals surface area contributed by atoms with Crippen molar-refractivity contribution in [2.75, 3.05) is 55.5 Å². The zero-order chi connectivity index (χ0) is 23.7. The first-order valence-electron chi connectivity index (χ1n) is 10.9. The quantitative estimate of drug-likeness (QED) is 0.460. The molecule has 9 nitrogen and oxygen atoms in total. The summed E-state index contributed by atoms with van der Waals surface area (Å²) in [5.41, 5.74) is 2.75. The van der Waals surface area contributed by atoms with Crippen LogP contribution in [0.5, 0.6) is 0 Å². The van der Waals surface area contributed by atoms with Gasteiger partial charge in [0.2, 0.25) is 17.8 Å². The summed E-state index contributed by atoms with van der Waals surface area (Å²) in [4.78, 5) is 21.7. The number of para-hydroxylation sites is 2. The highest BCUT2D eigenvalue weighted by atomic mass is 19.3. The van der Waals surface area contributed by atoms with E-state index in [1.165, 1.54) is 4.57 Å². The van der Waals surface area contributed by atoms with Gasteiger partial charge in [0, 0.05) is 38.6 Å². The third-order valence-corrected chi connectivity index (χ3v) is 5.53. The van der Waals surface area contributed by atoms with Crippen molar-refractivity contribution in [2.45, 2.75) is 6.43 Å². The first-order valence-corrected chi connectivity index (χ1v) is 10.9. The highest BCUT2D eigenvalue weighted by molar-refractivity contribution is 5.77. The molecule has 0 saturated carbocycles. The second kappa shape index (κ2) is 9.18. The van der Waals surface area contributed by atoms with E-state index in [0.29, 0.717) is 43.3 Å². The first-order chi connectivity index (χ1) is 16.5. The average Bonchev–Trinajstić information content (AvgIpc) is 3.25. The van der Waals surface area contributed by atoms with Gasteiger partial charge in [0.15, 0.2) is 5.82 Å². The fourth-order valence-electron chi connectivity index (χ4n) is 3.79. The molecule has 2 aromatic carbocycles. The Morgan fingerprint density at radius 3 is 2.32 bits per heavy atom. The number of morpholine rings is 1. The molecule has 1 N–H and O–H groups in total. The summed E-state index contributed by atoms with van der Waals surface area (Å²) >= 11 is 0. The van der Waals surface area contributed by atoms with E-state index in [2.05, 4.69) is 25.3 Å². The number of aromatic nitrogens is 5. The second-order valence-electron chi connectivity index (χ2n) is 8.02. The lowest BCUT2D eigenvalue weighted by Crippen LogP contribution is -2.37. The predicted octanol–water partition coefficient (Wildman–Crippen LogP) is 3.79. The lowest BCUT2D eigenvalue weighted by Gasteiger charge is -2.27. The minimum atomic E-state index is -2.80. The molecule has 3 heterocycles. The maximum atomic E-state index is 14.0. The molecule has 1 saturated heterocycles. The fourth-order valence-corrected chi connectivity index (χ4v) is 3.79. The van der Waals surface area contributed by atoms with Crippen LogP contribution >= 0.6 is 0 Å². The van der Waals surface area contributed by atoms with Gasteiger partial charge in [-0.3, -0.25) is 4.57 Å². The number of hydrogen-bond donors (Lipinski definition) is 1. The van der Waals surface area contributed by atoms with Crippen molar-refractivity contribution in [2.24, 2.45) is 0 Å². The highest BCUT2D eigenvalue weighted by Gasteiger charge is 2.24. The molecule has 0 atom stereocenters. The highest BCUT2D eigenvalue weighted by Crippen LogP contribution is 2.28. The van der Waals surface area contributed by atoms with E-state index in [-0.39, 0.29) is 11.9 Å². The summed E-state index contributed by atoms with van der Waals surface area (Å²) in [5.74, 6) is 0.301. The number of halogens is 2. The third kappa shape index (κ3) is 4.34. The molecule has 0 unspecified atom stereocenters. The van der Waals surface area contributed by atoms with Crippen LogP contribution < -0.4 is 15.1 Å². The number of imidazole rings is 1. The van der Waals surface area contributed by atoms with Gasteiger partial charge in [-0.1, -0.05) is 12.1 Å². The Morgan fingerprint density at radius 2 is 1.62 bits per heavy atom. The largest absolute Gasteiger partial charge is 0.378 e. The summed E-state index contributed by atoms with van der Waals surface area (Å²) < 4.78 is 34.7. The average molecular weight is 466 g/mol. The van der Waals surface area contributed by atoms with Crippen molar-refractivity contribution < 1.29 is 13.5 Å². The van der Waals surface area contributed by atoms with E-state index in [1.807, 2.05) is 48.2 Å². The van der Waals surface area contributed by atoms with Crippen LogP contribution in [0.4, 0.5) is 32.1 Å². The van der Waals surface area contributed by atoms with Gasteiger partial charge in [-0.25, -0.2) is 13.8 Å². The van der Waals surface area contributed by atoms with Crippen LogP contribution in [0.15, 0.2) is 48.5 Å². The van der Waals surface area contributed by atoms with Crippen molar-refractivity contribution in [3.8, 4) is 5.95 Å². The Kier molecular flexibility index (Phi) is 5.93. The third-order valence-electron chi connectivity index (χ3n) is 5.53.